The zero-order valence-electron chi connectivity index (χ0n) is 13.4. The molecule has 2 aromatic rings. The number of benzene rings is 1. The molecule has 0 unspecified atom stereocenters. The first-order chi connectivity index (χ1) is 11.5. The van der Waals surface area contributed by atoms with Gasteiger partial charge < -0.3 is 11.1 Å². The molecule has 0 saturated heterocycles. The Kier molecular flexibility index (Phi) is 5.57. The minimum atomic E-state index is -0.831. The zero-order chi connectivity index (χ0) is 17.5. The van der Waals surface area contributed by atoms with Gasteiger partial charge in [0.25, 0.3) is 11.8 Å². The molecular formula is C18H20N4O2+2. The van der Waals surface area contributed by atoms with Crippen molar-refractivity contribution in [3.05, 3.63) is 77.1 Å². The number of allylic oxidation sites excluding steroid dienone is 1. The van der Waals surface area contributed by atoms with Gasteiger partial charge in [-0.3, -0.25) is 15.0 Å². The molecule has 24 heavy (non-hydrogen) atoms. The van der Waals surface area contributed by atoms with Gasteiger partial charge in [-0.2, -0.15) is 0 Å². The van der Waals surface area contributed by atoms with Crippen LogP contribution in [0, 0.1) is 6.92 Å². The van der Waals surface area contributed by atoms with Gasteiger partial charge in [-0.25, -0.2) is 4.98 Å². The first kappa shape index (κ1) is 17.1. The van der Waals surface area contributed by atoms with Crippen LogP contribution in [0.3, 0.4) is 0 Å². The van der Waals surface area contributed by atoms with Crippen molar-refractivity contribution in [3.63, 3.8) is 0 Å². The first-order valence-electron chi connectivity index (χ1n) is 7.42. The summed E-state index contributed by atoms with van der Waals surface area (Å²) < 4.78 is 0. The topological polar surface area (TPSA) is 112 Å². The summed E-state index contributed by atoms with van der Waals surface area (Å²) in [5.41, 5.74) is 8.11. The van der Waals surface area contributed by atoms with E-state index in [1.165, 1.54) is 6.08 Å². The summed E-state index contributed by atoms with van der Waals surface area (Å²) in [5.74, 6) is -1.39. The van der Waals surface area contributed by atoms with E-state index in [0.29, 0.717) is 12.1 Å². The molecule has 0 bridgehead atoms. The van der Waals surface area contributed by atoms with Gasteiger partial charge in [-0.15, -0.1) is 0 Å². The van der Waals surface area contributed by atoms with Crippen LogP contribution in [0.5, 0.6) is 0 Å². The number of primary amides is 1. The lowest BCUT2D eigenvalue weighted by Gasteiger charge is -2.08. The molecule has 122 valence electrons. The highest BCUT2D eigenvalue weighted by molar-refractivity contribution is 6.22. The molecule has 0 radical (unpaired) electrons. The van der Waals surface area contributed by atoms with E-state index in [2.05, 4.69) is 10.3 Å². The molecule has 6 nitrogen and oxygen atoms in total. The molecule has 0 spiro atoms. The Balaban J connectivity index is 2.14. The third-order valence-electron chi connectivity index (χ3n) is 3.56. The van der Waals surface area contributed by atoms with Gasteiger partial charge in [0, 0.05) is 24.8 Å². The van der Waals surface area contributed by atoms with E-state index in [-0.39, 0.29) is 11.3 Å². The van der Waals surface area contributed by atoms with Crippen LogP contribution >= 0.6 is 0 Å². The number of aromatic amines is 1. The maximum atomic E-state index is 12.3. The normalized spacial score (nSPS) is 11.0. The number of aryl methyl sites for hydroxylation is 1. The molecular weight excluding hydrogens is 304 g/mol. The maximum Gasteiger partial charge on any atom is 0.257 e. The van der Waals surface area contributed by atoms with Crippen molar-refractivity contribution < 1.29 is 20.0 Å². The van der Waals surface area contributed by atoms with Crippen molar-refractivity contribution in [3.8, 4) is 0 Å². The highest BCUT2D eigenvalue weighted by Gasteiger charge is 2.18. The van der Waals surface area contributed by atoms with Gasteiger partial charge in [-0.05, 0) is 18.1 Å². The van der Waals surface area contributed by atoms with E-state index in [0.717, 1.165) is 11.1 Å². The smallest absolute Gasteiger partial charge is 0.257 e. The van der Waals surface area contributed by atoms with Gasteiger partial charge >= 0.3 is 0 Å². The Hall–Kier alpha value is -3.28. The van der Waals surface area contributed by atoms with Gasteiger partial charge in [0.15, 0.2) is 12.4 Å². The molecule has 0 aliphatic carbocycles. The molecule has 0 saturated carbocycles. The lowest BCUT2D eigenvalue weighted by atomic mass is 10.1. The number of aromatic nitrogens is 1. The number of nitrogens with two attached hydrogens (primary N) is 2. The Morgan fingerprint density at radius 2 is 1.88 bits per heavy atom. The minimum Gasteiger partial charge on any atom is -0.365 e. The lowest BCUT2D eigenvalue weighted by molar-refractivity contribution is -0.378. The monoisotopic (exact) mass is 324 g/mol. The number of pyridine rings is 1. The molecule has 2 rings (SSSR count). The second-order valence-corrected chi connectivity index (χ2v) is 5.28. The molecule has 0 aliphatic heterocycles. The summed E-state index contributed by atoms with van der Waals surface area (Å²) in [7, 11) is 0. The zero-order valence-corrected chi connectivity index (χ0v) is 13.4. The van der Waals surface area contributed by atoms with Crippen molar-refractivity contribution in [1.82, 2.24) is 5.32 Å². The summed E-state index contributed by atoms with van der Waals surface area (Å²) in [4.78, 5) is 26.8. The fourth-order valence-electron chi connectivity index (χ4n) is 2.15. The first-order valence-corrected chi connectivity index (χ1v) is 7.42. The molecule has 1 heterocycles. The third kappa shape index (κ3) is 4.36. The number of nitrogens with one attached hydrogen (secondary N) is 2. The third-order valence-corrected chi connectivity index (χ3v) is 3.56. The Bertz CT molecular complexity index is 798. The fourth-order valence-corrected chi connectivity index (χ4v) is 2.15. The average molecular weight is 324 g/mol. The number of carbonyl (C=O) groups excluding carboxylic acids is 2. The molecule has 0 atom stereocenters. The SMILES string of the molecule is Cc1ccccc1CNC(=O)C(=CC(=[NH2+])c1cc[nH+]cc1)C(N)=O. The van der Waals surface area contributed by atoms with Gasteiger partial charge in [0.1, 0.15) is 5.57 Å². The van der Waals surface area contributed by atoms with Crippen LogP contribution < -0.4 is 21.4 Å². The second kappa shape index (κ2) is 7.82. The number of amides is 2. The number of rotatable bonds is 6. The maximum absolute atomic E-state index is 12.3. The molecule has 1 aromatic heterocycles. The fraction of sp³-hybridized carbons (Fsp3) is 0.111. The number of hydrogen-bond donors (Lipinski definition) is 3. The summed E-state index contributed by atoms with van der Waals surface area (Å²) in [6.45, 7) is 2.25. The van der Waals surface area contributed by atoms with Crippen molar-refractivity contribution in [2.75, 3.05) is 0 Å². The minimum absolute atomic E-state index is 0.186. The van der Waals surface area contributed by atoms with E-state index < -0.39 is 11.8 Å². The van der Waals surface area contributed by atoms with Crippen LogP contribution in [0.1, 0.15) is 16.7 Å². The molecule has 1 aromatic carbocycles. The van der Waals surface area contributed by atoms with Crippen molar-refractivity contribution in [1.29, 1.82) is 0 Å². The van der Waals surface area contributed by atoms with Crippen molar-refractivity contribution in [2.24, 2.45) is 5.73 Å². The van der Waals surface area contributed by atoms with Crippen LogP contribution in [0.15, 0.2) is 60.4 Å². The predicted octanol–water partition coefficient (Wildman–Crippen LogP) is -0.915. The summed E-state index contributed by atoms with van der Waals surface area (Å²) in [6, 6.07) is 11.1. The van der Waals surface area contributed by atoms with Crippen LogP contribution in [-0.4, -0.2) is 17.5 Å². The van der Waals surface area contributed by atoms with E-state index in [1.54, 1.807) is 24.5 Å². The van der Waals surface area contributed by atoms with Gasteiger partial charge in [0.2, 0.25) is 5.71 Å². The molecule has 0 aliphatic rings. The molecule has 6 heteroatoms. The quantitative estimate of drug-likeness (QED) is 0.276. The highest BCUT2D eigenvalue weighted by Crippen LogP contribution is 2.07. The highest BCUT2D eigenvalue weighted by atomic mass is 16.2. The van der Waals surface area contributed by atoms with Crippen LogP contribution in [0.4, 0.5) is 0 Å². The van der Waals surface area contributed by atoms with E-state index in [1.807, 2.05) is 31.2 Å². The molecule has 2 amide bonds. The number of hydrogen-bond acceptors (Lipinski definition) is 2. The van der Waals surface area contributed by atoms with E-state index in [4.69, 9.17) is 11.1 Å². The van der Waals surface area contributed by atoms with E-state index >= 15 is 0 Å². The predicted molar refractivity (Wildman–Crippen MR) is 89.3 cm³/mol. The Labute approximate surface area is 139 Å². The number of H-pyrrole nitrogens is 1. The standard InChI is InChI=1S/C18H18N4O2/c1-12-4-2-3-5-14(12)11-22-18(24)15(17(20)23)10-16(19)13-6-8-21-9-7-13/h2-10,19H,11H2,1H3,(H2,20,23)(H,22,24)/p+2. The van der Waals surface area contributed by atoms with Crippen LogP contribution in [0.25, 0.3) is 0 Å². The Morgan fingerprint density at radius 1 is 1.21 bits per heavy atom. The van der Waals surface area contributed by atoms with Crippen molar-refractivity contribution in [2.45, 2.75) is 13.5 Å². The molecule has 0 fully saturated rings. The van der Waals surface area contributed by atoms with E-state index in [9.17, 15) is 9.59 Å². The van der Waals surface area contributed by atoms with Crippen LogP contribution in [0.2, 0.25) is 0 Å². The second-order valence-electron chi connectivity index (χ2n) is 5.28. The average Bonchev–Trinajstić information content (AvgIpc) is 2.59. The summed E-state index contributed by atoms with van der Waals surface area (Å²) in [5, 5.41) is 8.64. The number of carbonyl (C=O) groups is 2. The van der Waals surface area contributed by atoms with Crippen LogP contribution in [-0.2, 0) is 16.1 Å². The van der Waals surface area contributed by atoms with Gasteiger partial charge in [-0.1, -0.05) is 24.3 Å². The van der Waals surface area contributed by atoms with Gasteiger partial charge in [0.05, 0.1) is 5.56 Å². The largest absolute Gasteiger partial charge is 0.365 e. The summed E-state index contributed by atoms with van der Waals surface area (Å²) in [6.07, 6.45) is 4.68. The Morgan fingerprint density at radius 3 is 2.50 bits per heavy atom. The molecule has 6 N–H and O–H groups in total. The summed E-state index contributed by atoms with van der Waals surface area (Å²) >= 11 is 0. The van der Waals surface area contributed by atoms with Crippen molar-refractivity contribution >= 4 is 17.5 Å². The lowest BCUT2D eigenvalue weighted by Crippen LogP contribution is -2.41.